The summed E-state index contributed by atoms with van der Waals surface area (Å²) in [6.45, 7) is 9.27. The van der Waals surface area contributed by atoms with Crippen molar-refractivity contribution in [3.63, 3.8) is 0 Å². The van der Waals surface area contributed by atoms with Crippen molar-refractivity contribution < 1.29 is 4.74 Å². The zero-order valence-corrected chi connectivity index (χ0v) is 11.2. The molecule has 1 heterocycles. The van der Waals surface area contributed by atoms with Gasteiger partial charge < -0.3 is 4.74 Å². The fourth-order valence-electron chi connectivity index (χ4n) is 3.31. The molecule has 5 atom stereocenters. The van der Waals surface area contributed by atoms with Crippen LogP contribution in [0.15, 0.2) is 11.6 Å². The third-order valence-corrected chi connectivity index (χ3v) is 4.53. The van der Waals surface area contributed by atoms with Crippen LogP contribution in [0.5, 0.6) is 0 Å². The fourth-order valence-corrected chi connectivity index (χ4v) is 3.31. The van der Waals surface area contributed by atoms with E-state index >= 15 is 0 Å². The van der Waals surface area contributed by atoms with E-state index in [-0.39, 0.29) is 0 Å². The van der Waals surface area contributed by atoms with Crippen molar-refractivity contribution in [1.29, 1.82) is 0 Å². The predicted octanol–water partition coefficient (Wildman–Crippen LogP) is 4.18. The highest BCUT2D eigenvalue weighted by Crippen LogP contribution is 2.39. The van der Waals surface area contributed by atoms with Crippen LogP contribution in [0.25, 0.3) is 0 Å². The molecule has 1 aliphatic carbocycles. The van der Waals surface area contributed by atoms with Crippen molar-refractivity contribution in [3.8, 4) is 0 Å². The second kappa shape index (κ2) is 4.91. The average molecular weight is 222 g/mol. The number of rotatable bonds is 1. The highest BCUT2D eigenvalue weighted by molar-refractivity contribution is 5.07. The first-order valence-electron chi connectivity index (χ1n) is 6.89. The molecular weight excluding hydrogens is 196 g/mol. The van der Waals surface area contributed by atoms with Crippen molar-refractivity contribution in [2.45, 2.75) is 65.6 Å². The maximum Gasteiger partial charge on any atom is 0.0638 e. The molecule has 0 radical (unpaired) electrons. The molecule has 5 unspecified atom stereocenters. The Morgan fingerprint density at radius 3 is 2.62 bits per heavy atom. The average Bonchev–Trinajstić information content (AvgIpc) is 2.25. The molecule has 0 bridgehead atoms. The van der Waals surface area contributed by atoms with E-state index in [2.05, 4.69) is 33.8 Å². The Morgan fingerprint density at radius 2 is 1.88 bits per heavy atom. The minimum Gasteiger partial charge on any atom is -0.375 e. The molecule has 1 fully saturated rings. The molecule has 0 aromatic heterocycles. The molecule has 0 saturated carbocycles. The standard InChI is InChI=1S/C15H26O/c1-10-5-6-11(2)14(9-10)15-12(3)7-8-13(4)16-15/h5,11-15H,6-9H2,1-4H3. The zero-order chi connectivity index (χ0) is 11.7. The molecule has 2 rings (SSSR count). The molecule has 0 aromatic carbocycles. The van der Waals surface area contributed by atoms with Crippen LogP contribution in [0.2, 0.25) is 0 Å². The summed E-state index contributed by atoms with van der Waals surface area (Å²) in [5, 5.41) is 0. The first kappa shape index (κ1) is 12.2. The van der Waals surface area contributed by atoms with Crippen molar-refractivity contribution in [3.05, 3.63) is 11.6 Å². The van der Waals surface area contributed by atoms with Gasteiger partial charge in [-0.15, -0.1) is 0 Å². The molecule has 1 heteroatoms. The molecule has 1 aliphatic heterocycles. The molecule has 92 valence electrons. The second-order valence-electron chi connectivity index (χ2n) is 6.10. The second-order valence-corrected chi connectivity index (χ2v) is 6.10. The molecule has 0 N–H and O–H groups in total. The number of hydrogen-bond donors (Lipinski definition) is 0. The van der Waals surface area contributed by atoms with Gasteiger partial charge in [-0.3, -0.25) is 0 Å². The normalized spacial score (nSPS) is 45.2. The molecule has 2 aliphatic rings. The lowest BCUT2D eigenvalue weighted by Crippen LogP contribution is -2.41. The van der Waals surface area contributed by atoms with Gasteiger partial charge >= 0.3 is 0 Å². The third kappa shape index (κ3) is 2.51. The first-order chi connectivity index (χ1) is 7.58. The Hall–Kier alpha value is -0.300. The predicted molar refractivity (Wildman–Crippen MR) is 68.4 cm³/mol. The maximum absolute atomic E-state index is 6.23. The van der Waals surface area contributed by atoms with E-state index in [0.717, 1.165) is 17.8 Å². The summed E-state index contributed by atoms with van der Waals surface area (Å²) in [7, 11) is 0. The van der Waals surface area contributed by atoms with Crippen LogP contribution in [0, 0.1) is 17.8 Å². The van der Waals surface area contributed by atoms with Crippen molar-refractivity contribution >= 4 is 0 Å². The van der Waals surface area contributed by atoms with E-state index in [1.165, 1.54) is 25.7 Å². The smallest absolute Gasteiger partial charge is 0.0638 e. The third-order valence-electron chi connectivity index (χ3n) is 4.53. The van der Waals surface area contributed by atoms with Crippen LogP contribution in [-0.4, -0.2) is 12.2 Å². The summed E-state index contributed by atoms with van der Waals surface area (Å²) >= 11 is 0. The van der Waals surface area contributed by atoms with Gasteiger partial charge in [0, 0.05) is 0 Å². The van der Waals surface area contributed by atoms with Crippen LogP contribution in [-0.2, 0) is 4.74 Å². The van der Waals surface area contributed by atoms with Gasteiger partial charge in [0.25, 0.3) is 0 Å². The van der Waals surface area contributed by atoms with Gasteiger partial charge in [-0.1, -0.05) is 25.5 Å². The van der Waals surface area contributed by atoms with E-state index in [4.69, 9.17) is 4.74 Å². The summed E-state index contributed by atoms with van der Waals surface area (Å²) in [4.78, 5) is 0. The maximum atomic E-state index is 6.23. The Kier molecular flexibility index (Phi) is 3.73. The SMILES string of the molecule is CC1=CCC(C)C(C2OC(C)CCC2C)C1. The van der Waals surface area contributed by atoms with Gasteiger partial charge in [0.05, 0.1) is 12.2 Å². The topological polar surface area (TPSA) is 9.23 Å². The molecule has 0 aromatic rings. The molecular formula is C15H26O. The van der Waals surface area contributed by atoms with Crippen molar-refractivity contribution in [2.75, 3.05) is 0 Å². The Morgan fingerprint density at radius 1 is 1.12 bits per heavy atom. The number of ether oxygens (including phenoxy) is 1. The minimum absolute atomic E-state index is 0.472. The highest BCUT2D eigenvalue weighted by Gasteiger charge is 2.36. The summed E-state index contributed by atoms with van der Waals surface area (Å²) < 4.78 is 6.23. The van der Waals surface area contributed by atoms with Crippen LogP contribution >= 0.6 is 0 Å². The van der Waals surface area contributed by atoms with Gasteiger partial charge in [-0.2, -0.15) is 0 Å². The molecule has 1 saturated heterocycles. The first-order valence-corrected chi connectivity index (χ1v) is 6.89. The zero-order valence-electron chi connectivity index (χ0n) is 11.2. The van der Waals surface area contributed by atoms with Crippen molar-refractivity contribution in [2.24, 2.45) is 17.8 Å². The van der Waals surface area contributed by atoms with Gasteiger partial charge in [-0.25, -0.2) is 0 Å². The lowest BCUT2D eigenvalue weighted by atomic mass is 9.73. The molecule has 0 spiro atoms. The fraction of sp³-hybridized carbons (Fsp3) is 0.867. The van der Waals surface area contributed by atoms with E-state index in [1.54, 1.807) is 5.57 Å². The Bertz CT molecular complexity index is 269. The Balaban J connectivity index is 2.07. The van der Waals surface area contributed by atoms with Gasteiger partial charge in [-0.05, 0) is 57.3 Å². The van der Waals surface area contributed by atoms with Crippen LogP contribution in [0.1, 0.15) is 53.4 Å². The quantitative estimate of drug-likeness (QED) is 0.605. The summed E-state index contributed by atoms with van der Waals surface area (Å²) in [6.07, 6.45) is 8.48. The Labute approximate surface area is 100 Å². The van der Waals surface area contributed by atoms with Crippen LogP contribution in [0.4, 0.5) is 0 Å². The summed E-state index contributed by atoms with van der Waals surface area (Å²) in [5.74, 6) is 2.29. The number of hydrogen-bond acceptors (Lipinski definition) is 1. The van der Waals surface area contributed by atoms with Crippen molar-refractivity contribution in [1.82, 2.24) is 0 Å². The van der Waals surface area contributed by atoms with E-state index in [9.17, 15) is 0 Å². The molecule has 1 nitrogen and oxygen atoms in total. The molecule has 16 heavy (non-hydrogen) atoms. The van der Waals surface area contributed by atoms with E-state index < -0.39 is 0 Å². The van der Waals surface area contributed by atoms with Crippen LogP contribution < -0.4 is 0 Å². The summed E-state index contributed by atoms with van der Waals surface area (Å²) in [6, 6.07) is 0. The van der Waals surface area contributed by atoms with Gasteiger partial charge in [0.1, 0.15) is 0 Å². The van der Waals surface area contributed by atoms with Gasteiger partial charge in [0.15, 0.2) is 0 Å². The van der Waals surface area contributed by atoms with Gasteiger partial charge in [0.2, 0.25) is 0 Å². The largest absolute Gasteiger partial charge is 0.375 e. The number of allylic oxidation sites excluding steroid dienone is 2. The lowest BCUT2D eigenvalue weighted by molar-refractivity contribution is -0.109. The van der Waals surface area contributed by atoms with Crippen LogP contribution in [0.3, 0.4) is 0 Å². The molecule has 0 amide bonds. The lowest BCUT2D eigenvalue weighted by Gasteiger charge is -2.42. The van der Waals surface area contributed by atoms with E-state index in [1.807, 2.05) is 0 Å². The summed E-state index contributed by atoms with van der Waals surface area (Å²) in [5.41, 5.74) is 1.57. The minimum atomic E-state index is 0.472. The monoisotopic (exact) mass is 222 g/mol. The highest BCUT2D eigenvalue weighted by atomic mass is 16.5. The van der Waals surface area contributed by atoms with E-state index in [0.29, 0.717) is 12.2 Å².